The van der Waals surface area contributed by atoms with E-state index in [1.807, 2.05) is 84.5 Å². The molecule has 0 radical (unpaired) electrons. The number of aromatic nitrogens is 2. The number of benzene rings is 3. The third-order valence-electron chi connectivity index (χ3n) is 5.25. The number of anilines is 2. The van der Waals surface area contributed by atoms with Crippen molar-refractivity contribution >= 4 is 28.6 Å². The Labute approximate surface area is 174 Å². The number of nitrogens with zero attached hydrogens (tertiary/aromatic N) is 2. The minimum atomic E-state index is -0.103. The molecule has 0 saturated heterocycles. The van der Waals surface area contributed by atoms with E-state index in [2.05, 4.69) is 27.8 Å². The molecule has 0 aliphatic carbocycles. The second-order valence-corrected chi connectivity index (χ2v) is 7.21. The largest absolute Gasteiger partial charge is 0.354 e. The van der Waals surface area contributed by atoms with Gasteiger partial charge in [0.15, 0.2) is 0 Å². The molecule has 30 heavy (non-hydrogen) atoms. The lowest BCUT2D eigenvalue weighted by Gasteiger charge is -2.15. The number of rotatable bonds is 4. The minimum absolute atomic E-state index is 0.103. The van der Waals surface area contributed by atoms with Gasteiger partial charge in [-0.25, -0.2) is 4.98 Å². The highest BCUT2D eigenvalue weighted by Gasteiger charge is 2.28. The summed E-state index contributed by atoms with van der Waals surface area (Å²) in [5, 5.41) is 6.46. The standard InChI is InChI=1S/C25H20N4O/c1-29-16-26-15-22(29)17-11-13-19(14-12-17)27-24(18-7-3-2-4-8-18)23-20-9-5-6-10-21(20)28-25(23)30/h2-16,27H,1H3,(H,28,30)/b24-23-. The van der Waals surface area contributed by atoms with Gasteiger partial charge in [0, 0.05) is 24.0 Å². The first kappa shape index (κ1) is 17.9. The Bertz CT molecular complexity index is 1250. The zero-order valence-electron chi connectivity index (χ0n) is 16.5. The van der Waals surface area contributed by atoms with Crippen LogP contribution in [0.4, 0.5) is 11.4 Å². The Morgan fingerprint density at radius 2 is 1.67 bits per heavy atom. The first-order valence-corrected chi connectivity index (χ1v) is 9.75. The highest BCUT2D eigenvalue weighted by Crippen LogP contribution is 2.37. The first-order chi connectivity index (χ1) is 14.7. The molecule has 1 aromatic heterocycles. The number of fused-ring (bicyclic) bond motifs is 1. The normalized spacial score (nSPS) is 14.2. The van der Waals surface area contributed by atoms with E-state index in [9.17, 15) is 4.79 Å². The van der Waals surface area contributed by atoms with Crippen molar-refractivity contribution in [1.29, 1.82) is 0 Å². The molecule has 2 heterocycles. The van der Waals surface area contributed by atoms with Crippen LogP contribution in [0.25, 0.3) is 22.5 Å². The van der Waals surface area contributed by atoms with Gasteiger partial charge in [-0.3, -0.25) is 4.79 Å². The lowest BCUT2D eigenvalue weighted by molar-refractivity contribution is -0.110. The van der Waals surface area contributed by atoms with E-state index >= 15 is 0 Å². The number of hydrogen-bond acceptors (Lipinski definition) is 3. The van der Waals surface area contributed by atoms with Crippen LogP contribution in [0, 0.1) is 0 Å². The van der Waals surface area contributed by atoms with E-state index in [-0.39, 0.29) is 5.91 Å². The van der Waals surface area contributed by atoms with Gasteiger partial charge in [-0.2, -0.15) is 0 Å². The van der Waals surface area contributed by atoms with Crippen LogP contribution in [-0.2, 0) is 11.8 Å². The summed E-state index contributed by atoms with van der Waals surface area (Å²) < 4.78 is 1.99. The summed E-state index contributed by atoms with van der Waals surface area (Å²) in [6, 6.07) is 25.8. The van der Waals surface area contributed by atoms with Crippen molar-refractivity contribution in [2.45, 2.75) is 0 Å². The Morgan fingerprint density at radius 1 is 0.933 bits per heavy atom. The summed E-state index contributed by atoms with van der Waals surface area (Å²) in [7, 11) is 1.97. The van der Waals surface area contributed by atoms with Gasteiger partial charge in [-0.15, -0.1) is 0 Å². The number of aryl methyl sites for hydroxylation is 1. The van der Waals surface area contributed by atoms with Crippen LogP contribution < -0.4 is 10.6 Å². The van der Waals surface area contributed by atoms with Crippen LogP contribution in [0.2, 0.25) is 0 Å². The fourth-order valence-corrected chi connectivity index (χ4v) is 3.75. The molecular formula is C25H20N4O. The Hall–Kier alpha value is -4.12. The molecule has 0 saturated carbocycles. The van der Waals surface area contributed by atoms with Gasteiger partial charge in [0.05, 0.1) is 29.5 Å². The highest BCUT2D eigenvalue weighted by atomic mass is 16.2. The molecule has 0 unspecified atom stereocenters. The van der Waals surface area contributed by atoms with Crippen molar-refractivity contribution in [3.63, 3.8) is 0 Å². The molecule has 5 nitrogen and oxygen atoms in total. The molecule has 1 aliphatic rings. The van der Waals surface area contributed by atoms with Gasteiger partial charge in [-0.05, 0) is 29.3 Å². The van der Waals surface area contributed by atoms with Crippen LogP contribution in [-0.4, -0.2) is 15.5 Å². The summed E-state index contributed by atoms with van der Waals surface area (Å²) in [6.07, 6.45) is 3.63. The van der Waals surface area contributed by atoms with E-state index in [1.165, 1.54) is 0 Å². The Kier molecular flexibility index (Phi) is 4.41. The van der Waals surface area contributed by atoms with Crippen LogP contribution in [0.1, 0.15) is 11.1 Å². The van der Waals surface area contributed by atoms with Gasteiger partial charge in [0.2, 0.25) is 0 Å². The molecule has 0 bridgehead atoms. The lowest BCUT2D eigenvalue weighted by atomic mass is 10.00. The SMILES string of the molecule is Cn1cncc1-c1ccc(N/C(=C2\C(=O)Nc3ccccc32)c2ccccc2)cc1. The highest BCUT2D eigenvalue weighted by molar-refractivity contribution is 6.37. The Balaban J connectivity index is 1.58. The molecule has 1 amide bonds. The molecule has 0 atom stereocenters. The average Bonchev–Trinajstić information content (AvgIpc) is 3.35. The van der Waals surface area contributed by atoms with Crippen LogP contribution in [0.3, 0.4) is 0 Å². The van der Waals surface area contributed by atoms with Crippen molar-refractivity contribution in [3.8, 4) is 11.3 Å². The number of carbonyl (C=O) groups is 1. The predicted molar refractivity (Wildman–Crippen MR) is 121 cm³/mol. The molecule has 0 fully saturated rings. The maximum Gasteiger partial charge on any atom is 0.258 e. The zero-order chi connectivity index (χ0) is 20.5. The third kappa shape index (κ3) is 3.16. The van der Waals surface area contributed by atoms with Gasteiger partial charge in [0.25, 0.3) is 5.91 Å². The molecule has 0 spiro atoms. The minimum Gasteiger partial charge on any atom is -0.354 e. The summed E-state index contributed by atoms with van der Waals surface area (Å²) in [5.41, 5.74) is 7.16. The number of hydrogen-bond donors (Lipinski definition) is 2. The maximum absolute atomic E-state index is 12.9. The molecule has 3 aromatic carbocycles. The van der Waals surface area contributed by atoms with Crippen molar-refractivity contribution in [2.75, 3.05) is 10.6 Å². The molecule has 4 aromatic rings. The summed E-state index contributed by atoms with van der Waals surface area (Å²) in [6.45, 7) is 0. The number of amides is 1. The molecule has 1 aliphatic heterocycles. The van der Waals surface area contributed by atoms with Gasteiger partial charge < -0.3 is 15.2 Å². The quantitative estimate of drug-likeness (QED) is 0.480. The molecular weight excluding hydrogens is 372 g/mol. The molecule has 146 valence electrons. The van der Waals surface area contributed by atoms with Gasteiger partial charge >= 0.3 is 0 Å². The van der Waals surface area contributed by atoms with E-state index in [1.54, 1.807) is 6.33 Å². The molecule has 2 N–H and O–H groups in total. The fraction of sp³-hybridized carbons (Fsp3) is 0.0400. The van der Waals surface area contributed by atoms with Gasteiger partial charge in [-0.1, -0.05) is 60.7 Å². The number of nitrogens with one attached hydrogen (secondary N) is 2. The van der Waals surface area contributed by atoms with Crippen molar-refractivity contribution in [1.82, 2.24) is 9.55 Å². The number of imidazole rings is 1. The Morgan fingerprint density at radius 3 is 2.40 bits per heavy atom. The van der Waals surface area contributed by atoms with Crippen molar-refractivity contribution < 1.29 is 4.79 Å². The van der Waals surface area contributed by atoms with E-state index in [4.69, 9.17) is 0 Å². The molecule has 5 rings (SSSR count). The van der Waals surface area contributed by atoms with Gasteiger partial charge in [0.1, 0.15) is 0 Å². The third-order valence-corrected chi connectivity index (χ3v) is 5.25. The monoisotopic (exact) mass is 392 g/mol. The van der Waals surface area contributed by atoms with E-state index in [0.29, 0.717) is 5.57 Å². The van der Waals surface area contributed by atoms with Crippen molar-refractivity contribution in [3.05, 3.63) is 103 Å². The zero-order valence-corrected chi connectivity index (χ0v) is 16.5. The summed E-state index contributed by atoms with van der Waals surface area (Å²) in [4.78, 5) is 17.1. The van der Waals surface area contributed by atoms with E-state index < -0.39 is 0 Å². The second kappa shape index (κ2) is 7.37. The fourth-order valence-electron chi connectivity index (χ4n) is 3.75. The van der Waals surface area contributed by atoms with Crippen LogP contribution in [0.5, 0.6) is 0 Å². The van der Waals surface area contributed by atoms with E-state index in [0.717, 1.165) is 39.5 Å². The maximum atomic E-state index is 12.9. The average molecular weight is 392 g/mol. The number of para-hydroxylation sites is 1. The molecule has 5 heteroatoms. The van der Waals surface area contributed by atoms with Crippen LogP contribution in [0.15, 0.2) is 91.4 Å². The summed E-state index contributed by atoms with van der Waals surface area (Å²) >= 11 is 0. The predicted octanol–water partition coefficient (Wildman–Crippen LogP) is 5.02. The summed E-state index contributed by atoms with van der Waals surface area (Å²) in [5.74, 6) is -0.103. The number of carbonyl (C=O) groups excluding carboxylic acids is 1. The van der Waals surface area contributed by atoms with Crippen molar-refractivity contribution in [2.24, 2.45) is 7.05 Å². The smallest absolute Gasteiger partial charge is 0.258 e. The first-order valence-electron chi connectivity index (χ1n) is 9.75. The topological polar surface area (TPSA) is 59.0 Å². The van der Waals surface area contributed by atoms with Crippen LogP contribution >= 0.6 is 0 Å². The second-order valence-electron chi connectivity index (χ2n) is 7.21. The lowest BCUT2D eigenvalue weighted by Crippen LogP contribution is -2.10.